The van der Waals surface area contributed by atoms with Crippen LogP contribution in [0.5, 0.6) is 0 Å². The number of nitrogens with one attached hydrogen (secondary N) is 1. The van der Waals surface area contributed by atoms with Crippen LogP contribution in [0.3, 0.4) is 0 Å². The number of aromatic nitrogens is 2. The Kier molecular flexibility index (Phi) is 7.02. The summed E-state index contributed by atoms with van der Waals surface area (Å²) in [4.78, 5) is 35.0. The standard InChI is InChI=1S/C22H27N3O4S/c1-13(2)25(11-16(26)10-15-8-6-5-7-9-15)12-17-23-20(27)18-14(3)19(22(28)29-4)30-21(18)24-17/h5-9,13,16,26H,10-12H2,1-4H3,(H,23,24,27). The predicted molar refractivity (Wildman–Crippen MR) is 118 cm³/mol. The molecule has 1 aromatic carbocycles. The first-order valence-corrected chi connectivity index (χ1v) is 10.7. The highest BCUT2D eigenvalue weighted by molar-refractivity contribution is 7.20. The molecule has 0 aliphatic heterocycles. The Hall–Kier alpha value is -2.55. The molecule has 160 valence electrons. The van der Waals surface area contributed by atoms with Crippen LogP contribution in [-0.2, 0) is 17.7 Å². The summed E-state index contributed by atoms with van der Waals surface area (Å²) in [5.74, 6) is 0.0371. The van der Waals surface area contributed by atoms with Crippen molar-refractivity contribution < 1.29 is 14.6 Å². The molecule has 7 nitrogen and oxygen atoms in total. The number of fused-ring (bicyclic) bond motifs is 1. The van der Waals surface area contributed by atoms with Gasteiger partial charge in [-0.25, -0.2) is 9.78 Å². The minimum absolute atomic E-state index is 0.145. The highest BCUT2D eigenvalue weighted by atomic mass is 32.1. The highest BCUT2D eigenvalue weighted by Crippen LogP contribution is 2.27. The zero-order chi connectivity index (χ0) is 21.8. The number of aliphatic hydroxyl groups excluding tert-OH is 1. The number of esters is 1. The van der Waals surface area contributed by atoms with Crippen LogP contribution in [0, 0.1) is 6.92 Å². The van der Waals surface area contributed by atoms with E-state index in [0.29, 0.717) is 46.0 Å². The summed E-state index contributed by atoms with van der Waals surface area (Å²) in [5, 5.41) is 11.0. The van der Waals surface area contributed by atoms with Crippen molar-refractivity contribution in [1.82, 2.24) is 14.9 Å². The van der Waals surface area contributed by atoms with Gasteiger partial charge in [0.15, 0.2) is 0 Å². The zero-order valence-corrected chi connectivity index (χ0v) is 18.5. The average Bonchev–Trinajstić information content (AvgIpc) is 3.04. The van der Waals surface area contributed by atoms with Crippen molar-refractivity contribution in [2.24, 2.45) is 0 Å². The van der Waals surface area contributed by atoms with Crippen molar-refractivity contribution in [2.75, 3.05) is 13.7 Å². The summed E-state index contributed by atoms with van der Waals surface area (Å²) in [7, 11) is 1.32. The summed E-state index contributed by atoms with van der Waals surface area (Å²) in [5.41, 5.74) is 1.39. The van der Waals surface area contributed by atoms with Gasteiger partial charge in [0.2, 0.25) is 0 Å². The fourth-order valence-electron chi connectivity index (χ4n) is 3.42. The maximum atomic E-state index is 12.7. The maximum absolute atomic E-state index is 12.7. The molecule has 0 fully saturated rings. The lowest BCUT2D eigenvalue weighted by Crippen LogP contribution is -2.38. The third-order valence-electron chi connectivity index (χ3n) is 5.06. The fourth-order valence-corrected chi connectivity index (χ4v) is 4.54. The SMILES string of the molecule is COC(=O)c1sc2nc(CN(CC(O)Cc3ccccc3)C(C)C)[nH]c(=O)c2c1C. The van der Waals surface area contributed by atoms with E-state index in [1.807, 2.05) is 44.2 Å². The van der Waals surface area contributed by atoms with Gasteiger partial charge in [-0.15, -0.1) is 11.3 Å². The van der Waals surface area contributed by atoms with Crippen molar-refractivity contribution in [3.63, 3.8) is 0 Å². The van der Waals surface area contributed by atoms with Gasteiger partial charge in [-0.1, -0.05) is 30.3 Å². The van der Waals surface area contributed by atoms with Gasteiger partial charge in [0.1, 0.15) is 15.5 Å². The number of aromatic amines is 1. The Labute approximate surface area is 179 Å². The molecule has 8 heteroatoms. The smallest absolute Gasteiger partial charge is 0.348 e. The topological polar surface area (TPSA) is 95.5 Å². The second-order valence-electron chi connectivity index (χ2n) is 7.61. The van der Waals surface area contributed by atoms with E-state index in [2.05, 4.69) is 14.9 Å². The van der Waals surface area contributed by atoms with Gasteiger partial charge in [0.25, 0.3) is 5.56 Å². The third-order valence-corrected chi connectivity index (χ3v) is 6.23. The number of H-pyrrole nitrogens is 1. The van der Waals surface area contributed by atoms with E-state index in [9.17, 15) is 14.7 Å². The molecule has 0 saturated carbocycles. The van der Waals surface area contributed by atoms with Gasteiger partial charge in [0, 0.05) is 12.6 Å². The highest BCUT2D eigenvalue weighted by Gasteiger charge is 2.21. The van der Waals surface area contributed by atoms with Crippen LogP contribution in [0.2, 0.25) is 0 Å². The van der Waals surface area contributed by atoms with E-state index < -0.39 is 12.1 Å². The normalized spacial score (nSPS) is 12.6. The molecule has 0 amide bonds. The van der Waals surface area contributed by atoms with Gasteiger partial charge < -0.3 is 14.8 Å². The van der Waals surface area contributed by atoms with Crippen molar-refractivity contribution in [1.29, 1.82) is 0 Å². The van der Waals surface area contributed by atoms with E-state index in [1.54, 1.807) is 6.92 Å². The monoisotopic (exact) mass is 429 g/mol. The summed E-state index contributed by atoms with van der Waals surface area (Å²) in [6.45, 7) is 6.64. The van der Waals surface area contributed by atoms with E-state index in [4.69, 9.17) is 4.74 Å². The van der Waals surface area contributed by atoms with Gasteiger partial charge in [-0.3, -0.25) is 9.69 Å². The lowest BCUT2D eigenvalue weighted by atomic mass is 10.1. The first-order valence-electron chi connectivity index (χ1n) is 9.86. The number of nitrogens with zero attached hydrogens (tertiary/aromatic N) is 2. The molecule has 0 spiro atoms. The molecule has 2 heterocycles. The number of thiophene rings is 1. The molecule has 0 bridgehead atoms. The lowest BCUT2D eigenvalue weighted by molar-refractivity contribution is 0.0605. The average molecular weight is 430 g/mol. The molecule has 3 aromatic rings. The van der Waals surface area contributed by atoms with E-state index >= 15 is 0 Å². The number of rotatable bonds is 8. The van der Waals surface area contributed by atoms with Crippen LogP contribution in [0.25, 0.3) is 10.2 Å². The van der Waals surface area contributed by atoms with E-state index in [0.717, 1.165) is 16.9 Å². The molecule has 2 N–H and O–H groups in total. The summed E-state index contributed by atoms with van der Waals surface area (Å²) < 4.78 is 4.80. The molecule has 0 radical (unpaired) electrons. The largest absolute Gasteiger partial charge is 0.465 e. The van der Waals surface area contributed by atoms with E-state index in [-0.39, 0.29) is 11.6 Å². The second-order valence-corrected chi connectivity index (χ2v) is 8.61. The second kappa shape index (κ2) is 9.51. The minimum Gasteiger partial charge on any atom is -0.465 e. The number of hydrogen-bond acceptors (Lipinski definition) is 7. The number of aliphatic hydroxyl groups is 1. The van der Waals surface area contributed by atoms with Crippen LogP contribution in [-0.4, -0.2) is 51.7 Å². The van der Waals surface area contributed by atoms with Crippen molar-refractivity contribution in [3.8, 4) is 0 Å². The predicted octanol–water partition coefficient (Wildman–Crippen LogP) is 2.89. The van der Waals surface area contributed by atoms with Crippen molar-refractivity contribution >= 4 is 27.5 Å². The van der Waals surface area contributed by atoms with Crippen LogP contribution < -0.4 is 5.56 Å². The first kappa shape index (κ1) is 22.1. The third kappa shape index (κ3) is 4.95. The van der Waals surface area contributed by atoms with Crippen molar-refractivity contribution in [2.45, 2.75) is 45.9 Å². The van der Waals surface area contributed by atoms with Crippen LogP contribution in [0.1, 0.15) is 40.5 Å². The Morgan fingerprint density at radius 3 is 2.63 bits per heavy atom. The van der Waals surface area contributed by atoms with Gasteiger partial charge in [-0.2, -0.15) is 0 Å². The molecule has 0 saturated heterocycles. The molecular formula is C22H27N3O4S. The molecule has 0 aliphatic rings. The fraction of sp³-hybridized carbons (Fsp3) is 0.409. The van der Waals surface area contributed by atoms with Gasteiger partial charge in [-0.05, 0) is 38.3 Å². The number of aryl methyl sites for hydroxylation is 1. The molecular weight excluding hydrogens is 402 g/mol. The molecule has 3 rings (SSSR count). The van der Waals surface area contributed by atoms with E-state index in [1.165, 1.54) is 7.11 Å². The van der Waals surface area contributed by atoms with Gasteiger partial charge >= 0.3 is 5.97 Å². The number of methoxy groups -OCH3 is 1. The van der Waals surface area contributed by atoms with Gasteiger partial charge in [0.05, 0.1) is 25.1 Å². The number of benzene rings is 1. The quantitative estimate of drug-likeness (QED) is 0.535. The lowest BCUT2D eigenvalue weighted by Gasteiger charge is -2.28. The number of carbonyl (C=O) groups excluding carboxylic acids is 1. The Morgan fingerprint density at radius 2 is 2.00 bits per heavy atom. The minimum atomic E-state index is -0.542. The summed E-state index contributed by atoms with van der Waals surface area (Å²) >= 11 is 1.16. The van der Waals surface area contributed by atoms with Crippen LogP contribution in [0.4, 0.5) is 0 Å². The summed E-state index contributed by atoms with van der Waals surface area (Å²) in [6, 6.07) is 10.00. The molecule has 30 heavy (non-hydrogen) atoms. The Morgan fingerprint density at radius 1 is 1.30 bits per heavy atom. The number of carbonyl (C=O) groups is 1. The van der Waals surface area contributed by atoms with Crippen molar-refractivity contribution in [3.05, 3.63) is 62.5 Å². The maximum Gasteiger partial charge on any atom is 0.348 e. The molecule has 0 aliphatic carbocycles. The molecule has 1 atom stereocenters. The Balaban J connectivity index is 1.81. The zero-order valence-electron chi connectivity index (χ0n) is 17.6. The Bertz CT molecular complexity index is 1080. The van der Waals surface area contributed by atoms with Crippen LogP contribution >= 0.6 is 11.3 Å². The number of hydrogen-bond donors (Lipinski definition) is 2. The number of ether oxygens (including phenoxy) is 1. The summed E-state index contributed by atoms with van der Waals surface area (Å²) in [6.07, 6.45) is 0.0137. The van der Waals surface area contributed by atoms with Crippen LogP contribution in [0.15, 0.2) is 35.1 Å². The first-order chi connectivity index (χ1) is 14.3. The molecule has 1 unspecified atom stereocenters. The molecule has 2 aromatic heterocycles.